The molecule has 0 atom stereocenters. The van der Waals surface area contributed by atoms with Gasteiger partial charge in [-0.2, -0.15) is 0 Å². The van der Waals surface area contributed by atoms with E-state index >= 15 is 0 Å². The molecule has 0 aromatic heterocycles. The van der Waals surface area contributed by atoms with Gasteiger partial charge in [0, 0.05) is 34.9 Å². The zero-order chi connectivity index (χ0) is 39.6. The van der Waals surface area contributed by atoms with Crippen molar-refractivity contribution < 1.29 is 39.9 Å². The standard InChI is InChI=1S/2C21H29NO2Si.2ClH.Zr/c2*1-6-25(7-2,8-3)20-14-16(4)13-17(21(20)23)15-22-18-9-11-19(24-5)12-10-18;;;/h2*9-15,22H,6-8H2,1-5H3;2*1H;/q;;;;+2/p-2/b2*17-15+;;;. The number of Topliss-reactive ketones (excluding diaryl/α,β-unsaturated/α-hetero) is 2. The number of halogens is 2. The van der Waals surface area contributed by atoms with Crippen molar-refractivity contribution in [1.82, 2.24) is 0 Å². The molecule has 2 aliphatic rings. The Balaban J connectivity index is 0.000000341. The Morgan fingerprint density at radius 1 is 0.566 bits per heavy atom. The van der Waals surface area contributed by atoms with Gasteiger partial charge in [0.25, 0.3) is 0 Å². The molecule has 0 unspecified atom stereocenters. The minimum absolute atomic E-state index is 0.198. The summed E-state index contributed by atoms with van der Waals surface area (Å²) in [6.07, 6.45) is 11.9. The number of nitrogens with one attached hydrogen (secondary N) is 2. The number of hydrogen-bond donors (Lipinski definition) is 2. The second-order valence-corrected chi connectivity index (χ2v) is 27.4. The summed E-state index contributed by atoms with van der Waals surface area (Å²) in [4.78, 5) is 26.2. The number of hydrogen-bond acceptors (Lipinski definition) is 6. The Hall–Kier alpha value is -2.68. The van der Waals surface area contributed by atoms with Crippen molar-refractivity contribution in [1.29, 1.82) is 0 Å². The average molecular weight is 873 g/mol. The Bertz CT molecular complexity index is 1570. The summed E-state index contributed by atoms with van der Waals surface area (Å²) < 4.78 is 10.3. The summed E-state index contributed by atoms with van der Waals surface area (Å²) in [6, 6.07) is 22.1. The minimum atomic E-state index is -1.70. The van der Waals surface area contributed by atoms with Crippen molar-refractivity contribution in [2.24, 2.45) is 0 Å². The SMILES string of the molecule is CC[Si](CC)(CC)C1=CC(C)=C/C(=C\Nc2ccc(OC)cc2)C1=O.CC[Si](CC)(CC)C1=CC(C)=C/C(=C\Nc2ccc(OC)cc2)C1=O.[Cl][Zr][Cl]. The van der Waals surface area contributed by atoms with Gasteiger partial charge >= 0.3 is 37.9 Å². The molecule has 2 aliphatic carbocycles. The average Bonchev–Trinajstić information content (AvgIpc) is 3.18. The van der Waals surface area contributed by atoms with Crippen LogP contribution < -0.4 is 20.1 Å². The summed E-state index contributed by atoms with van der Waals surface area (Å²) in [7, 11) is 9.77. The van der Waals surface area contributed by atoms with Crippen LogP contribution in [0.1, 0.15) is 55.4 Å². The van der Waals surface area contributed by atoms with E-state index in [1.165, 1.54) is 0 Å². The third kappa shape index (κ3) is 12.7. The predicted octanol–water partition coefficient (Wildman–Crippen LogP) is 12.4. The molecule has 0 saturated carbocycles. The van der Waals surface area contributed by atoms with Crippen LogP contribution in [0.4, 0.5) is 11.4 Å². The topological polar surface area (TPSA) is 76.7 Å². The van der Waals surface area contributed by atoms with Crippen LogP contribution in [-0.4, -0.2) is 41.9 Å². The third-order valence-electron chi connectivity index (χ3n) is 10.7. The Morgan fingerprint density at radius 2 is 0.849 bits per heavy atom. The number of ether oxygens (including phenoxy) is 2. The van der Waals surface area contributed by atoms with Crippen LogP contribution in [0, 0.1) is 0 Å². The molecule has 2 aromatic carbocycles. The van der Waals surface area contributed by atoms with Crippen LogP contribution in [0.5, 0.6) is 11.5 Å². The maximum atomic E-state index is 13.1. The summed E-state index contributed by atoms with van der Waals surface area (Å²) in [5.41, 5.74) is 5.69. The zero-order valence-corrected chi connectivity index (χ0v) is 39.2. The van der Waals surface area contributed by atoms with E-state index in [0.717, 1.165) is 91.8 Å². The summed E-state index contributed by atoms with van der Waals surface area (Å²) in [6.45, 7) is 17.6. The second-order valence-electron chi connectivity index (χ2n) is 13.2. The van der Waals surface area contributed by atoms with Crippen LogP contribution in [0.3, 0.4) is 0 Å². The maximum absolute atomic E-state index is 13.1. The number of allylic oxidation sites excluding steroid dienone is 10. The van der Waals surface area contributed by atoms with E-state index in [1.807, 2.05) is 73.1 Å². The summed E-state index contributed by atoms with van der Waals surface area (Å²) >= 11 is -0.826. The molecule has 0 fully saturated rings. The third-order valence-corrected chi connectivity index (χ3v) is 21.8. The Kier molecular flexibility index (Phi) is 20.4. The quantitative estimate of drug-likeness (QED) is 0.145. The number of methoxy groups -OCH3 is 2. The van der Waals surface area contributed by atoms with Gasteiger partial charge in [-0.15, -0.1) is 0 Å². The first-order valence-electron chi connectivity index (χ1n) is 18.5. The monoisotopic (exact) mass is 870 g/mol. The van der Waals surface area contributed by atoms with Gasteiger partial charge in [0.1, 0.15) is 11.5 Å². The number of rotatable bonds is 14. The van der Waals surface area contributed by atoms with Crippen molar-refractivity contribution >= 4 is 56.1 Å². The number of ketones is 2. The van der Waals surface area contributed by atoms with Crippen LogP contribution in [-0.2, 0) is 30.4 Å². The van der Waals surface area contributed by atoms with Crippen LogP contribution in [0.15, 0.2) is 118 Å². The number of carbonyl (C=O) groups excluding carboxylic acids is 2. The van der Waals surface area contributed by atoms with Crippen molar-refractivity contribution in [3.63, 3.8) is 0 Å². The molecule has 0 bridgehead atoms. The number of carbonyl (C=O) groups is 2. The molecule has 0 saturated heterocycles. The fourth-order valence-electron chi connectivity index (χ4n) is 6.94. The number of anilines is 2. The van der Waals surface area contributed by atoms with Gasteiger partial charge in [-0.05, 0) is 84.9 Å². The van der Waals surface area contributed by atoms with Crippen molar-refractivity contribution in [2.45, 2.75) is 91.7 Å². The van der Waals surface area contributed by atoms with Gasteiger partial charge in [-0.3, -0.25) is 9.59 Å². The van der Waals surface area contributed by atoms with E-state index < -0.39 is 37.0 Å². The normalized spacial score (nSPS) is 15.8. The van der Waals surface area contributed by atoms with Crippen molar-refractivity contribution in [3.05, 3.63) is 118 Å². The second kappa shape index (κ2) is 23.3. The Morgan fingerprint density at radius 3 is 1.09 bits per heavy atom. The number of benzene rings is 2. The zero-order valence-electron chi connectivity index (χ0n) is 33.2. The Labute approximate surface area is 339 Å². The van der Waals surface area contributed by atoms with E-state index in [4.69, 9.17) is 26.5 Å². The molecule has 11 heteroatoms. The fraction of sp³-hybridized carbons (Fsp3) is 0.381. The summed E-state index contributed by atoms with van der Waals surface area (Å²) in [5, 5.41) is 8.67. The molecule has 2 N–H and O–H groups in total. The first-order chi connectivity index (χ1) is 25.4. The van der Waals surface area contributed by atoms with Gasteiger partial charge in [-0.1, -0.05) is 101 Å². The molecule has 6 nitrogen and oxygen atoms in total. The van der Waals surface area contributed by atoms with Crippen LogP contribution in [0.2, 0.25) is 36.3 Å². The van der Waals surface area contributed by atoms with E-state index in [0.29, 0.717) is 0 Å². The molecule has 0 heterocycles. The first-order valence-corrected chi connectivity index (χ1v) is 30.1. The molecule has 2 aromatic rings. The molecule has 0 amide bonds. The van der Waals surface area contributed by atoms with Gasteiger partial charge in [0.05, 0.1) is 30.4 Å². The van der Waals surface area contributed by atoms with E-state index in [1.54, 1.807) is 14.2 Å². The van der Waals surface area contributed by atoms with E-state index in [2.05, 4.69) is 78.2 Å². The van der Waals surface area contributed by atoms with Gasteiger partial charge < -0.3 is 20.1 Å². The van der Waals surface area contributed by atoms with E-state index in [-0.39, 0.29) is 11.6 Å². The molecule has 4 rings (SSSR count). The van der Waals surface area contributed by atoms with Crippen LogP contribution in [0.25, 0.3) is 0 Å². The molecule has 286 valence electrons. The molecule has 53 heavy (non-hydrogen) atoms. The predicted molar refractivity (Wildman–Crippen MR) is 229 cm³/mol. The molecule has 0 radical (unpaired) electrons. The fourth-order valence-corrected chi connectivity index (χ4v) is 14.5. The van der Waals surface area contributed by atoms with Crippen molar-refractivity contribution in [2.75, 3.05) is 24.9 Å². The van der Waals surface area contributed by atoms with Gasteiger partial charge in [0.15, 0.2) is 11.6 Å². The molecular formula is C42H58Cl2N2O4Si2Zr. The first kappa shape index (κ1) is 46.5. The van der Waals surface area contributed by atoms with E-state index in [9.17, 15) is 9.59 Å². The molecule has 0 spiro atoms. The molecular weight excluding hydrogens is 815 g/mol. The summed E-state index contributed by atoms with van der Waals surface area (Å²) in [5.74, 6) is 2.03. The van der Waals surface area contributed by atoms with Gasteiger partial charge in [0.2, 0.25) is 0 Å². The van der Waals surface area contributed by atoms with Crippen molar-refractivity contribution in [3.8, 4) is 11.5 Å². The van der Waals surface area contributed by atoms with Crippen LogP contribution >= 0.6 is 17.0 Å². The van der Waals surface area contributed by atoms with Gasteiger partial charge in [-0.25, -0.2) is 0 Å². The molecule has 0 aliphatic heterocycles.